The van der Waals surface area contributed by atoms with Gasteiger partial charge in [-0.25, -0.2) is 4.18 Å². The van der Waals surface area contributed by atoms with Gasteiger partial charge in [-0.1, -0.05) is 44.6 Å². The quantitative estimate of drug-likeness (QED) is 0.0533. The molecule has 0 radical (unpaired) electrons. The van der Waals surface area contributed by atoms with Crippen LogP contribution in [0.25, 0.3) is 0 Å². The first-order chi connectivity index (χ1) is 36.6. The van der Waals surface area contributed by atoms with E-state index in [1.54, 1.807) is 0 Å². The maximum atomic E-state index is 12.2. The zero-order valence-electron chi connectivity index (χ0n) is 44.3. The van der Waals surface area contributed by atoms with E-state index in [-0.39, 0.29) is 73.4 Å². The molecule has 78 heavy (non-hydrogen) atoms. The number of ether oxygens (including phenoxy) is 9. The lowest BCUT2D eigenvalue weighted by molar-refractivity contribution is -0.371. The van der Waals surface area contributed by atoms with Gasteiger partial charge in [0.1, 0.15) is 85.5 Å². The van der Waals surface area contributed by atoms with Crippen molar-refractivity contribution in [1.82, 2.24) is 0 Å². The molecule has 9 rings (SSSR count). The molecule has 27 heteroatoms. The van der Waals surface area contributed by atoms with Crippen LogP contribution in [0.5, 0.6) is 0 Å². The molecule has 3 saturated carbocycles. The van der Waals surface area contributed by atoms with E-state index in [1.165, 1.54) is 13.8 Å². The normalized spacial score (nSPS) is 53.4. The molecule has 0 aromatic carbocycles. The van der Waals surface area contributed by atoms with Crippen LogP contribution in [0, 0.1) is 40.4 Å². The van der Waals surface area contributed by atoms with Crippen molar-refractivity contribution >= 4 is 10.4 Å². The first-order valence-electron chi connectivity index (χ1n) is 27.2. The van der Waals surface area contributed by atoms with Crippen molar-refractivity contribution in [3.63, 3.8) is 0 Å². The molecule has 0 bridgehead atoms. The van der Waals surface area contributed by atoms with E-state index in [1.807, 2.05) is 6.92 Å². The minimum absolute atomic E-state index is 0.0249. The van der Waals surface area contributed by atoms with Crippen molar-refractivity contribution in [2.45, 2.75) is 233 Å². The van der Waals surface area contributed by atoms with E-state index in [4.69, 9.17) is 46.8 Å². The second-order valence-electron chi connectivity index (χ2n) is 24.0. The minimum Gasteiger partial charge on any atom is -0.394 e. The van der Waals surface area contributed by atoms with Gasteiger partial charge in [-0.05, 0) is 81.5 Å². The number of aliphatic hydroxyl groups is 13. The van der Waals surface area contributed by atoms with Gasteiger partial charge in [-0.15, -0.1) is 0 Å². The molecule has 8 fully saturated rings. The summed E-state index contributed by atoms with van der Waals surface area (Å²) >= 11 is 0. The highest BCUT2D eigenvalue weighted by atomic mass is 32.3. The van der Waals surface area contributed by atoms with Crippen LogP contribution in [0.4, 0.5) is 0 Å². The topological polar surface area (TPSA) is 410 Å². The molecule has 4 aliphatic carbocycles. The summed E-state index contributed by atoms with van der Waals surface area (Å²) in [5.74, 6) is -1.92. The van der Waals surface area contributed by atoms with Crippen LogP contribution >= 0.6 is 0 Å². The monoisotopic (exact) mass is 1140 g/mol. The first kappa shape index (κ1) is 61.0. The zero-order valence-corrected chi connectivity index (χ0v) is 45.1. The Kier molecular flexibility index (Phi) is 18.1. The standard InChI is InChI=1S/C51H82O26S/c1-19(18-68-45-39(60)37(58)34(55)29(16-52)72-45)9-12-51(64)20(2)32-28(76-51)15-27-25-8-7-23-13-24(71-47-41(62)38(59)35(56)30(17-53)73-47)14-31(50(23,6)26(25)10-11-49(27,32)5)74-48-44(42(63)43(22(4)70-48)77-78(65,66)67)75-46-40(61)36(57)33(54)21(3)69-46/h7,20-22,24-48,52-64H,1,8-18H2,2-6H3,(H,65,66,67). The fraction of sp³-hybridized carbons (Fsp3) is 0.922. The molecule has 448 valence electrons. The van der Waals surface area contributed by atoms with Crippen LogP contribution in [-0.2, 0) is 57.2 Å². The fourth-order valence-corrected chi connectivity index (χ4v) is 15.7. The largest absolute Gasteiger partial charge is 0.397 e. The molecule has 14 N–H and O–H groups in total. The van der Waals surface area contributed by atoms with Crippen LogP contribution in [0.3, 0.4) is 0 Å². The van der Waals surface area contributed by atoms with Gasteiger partial charge < -0.3 is 109 Å². The average Bonchev–Trinajstić information content (AvgIpc) is 3.55. The van der Waals surface area contributed by atoms with Crippen molar-refractivity contribution in [2.24, 2.45) is 40.4 Å². The van der Waals surface area contributed by atoms with Crippen molar-refractivity contribution in [1.29, 1.82) is 0 Å². The van der Waals surface area contributed by atoms with Crippen LogP contribution in [-0.4, -0.2) is 246 Å². The van der Waals surface area contributed by atoms with Crippen LogP contribution in [0.15, 0.2) is 23.8 Å². The Balaban J connectivity index is 0.962. The van der Waals surface area contributed by atoms with Gasteiger partial charge in [0.05, 0.1) is 50.3 Å². The second-order valence-corrected chi connectivity index (χ2v) is 25.0. The minimum atomic E-state index is -5.21. The summed E-state index contributed by atoms with van der Waals surface area (Å²) in [6.07, 6.45) is -28.2. The van der Waals surface area contributed by atoms with Crippen LogP contribution in [0.2, 0.25) is 0 Å². The molecule has 9 aliphatic rings. The lowest BCUT2D eigenvalue weighted by Gasteiger charge is -2.61. The molecule has 26 nitrogen and oxygen atoms in total. The predicted octanol–water partition coefficient (Wildman–Crippen LogP) is -3.26. The van der Waals surface area contributed by atoms with Gasteiger partial charge in [0, 0.05) is 24.2 Å². The van der Waals surface area contributed by atoms with Gasteiger partial charge in [-0.2, -0.15) is 8.42 Å². The number of allylic oxidation sites excluding steroid dienone is 1. The highest BCUT2D eigenvalue weighted by Crippen LogP contribution is 2.70. The number of aliphatic hydroxyl groups excluding tert-OH is 12. The van der Waals surface area contributed by atoms with E-state index in [0.717, 1.165) is 5.57 Å². The number of rotatable bonds is 16. The lowest BCUT2D eigenvalue weighted by Crippen LogP contribution is -2.65. The molecular formula is C51H82O26S. The second kappa shape index (κ2) is 23.1. The number of hydrogen-bond donors (Lipinski definition) is 14. The summed E-state index contributed by atoms with van der Waals surface area (Å²) < 4.78 is 94.0. The summed E-state index contributed by atoms with van der Waals surface area (Å²) in [6, 6.07) is 0. The number of fused-ring (bicyclic) bond motifs is 7. The SMILES string of the molecule is C=C(CCC1(O)OC2CC3C4CC=C5CC(OC6OC(CO)C(O)C(O)C6O)CC(OC6OC(C)C(OS(=O)(=O)O)C(O)C6OC6OC(C)C(O)C(O)C6O)C5(C)C4CCC3(C)C2C1C)COC1OC(CO)C(O)C(O)C1O. The Hall–Kier alpha value is -1.53. The summed E-state index contributed by atoms with van der Waals surface area (Å²) in [4.78, 5) is 0. The molecule has 0 aromatic heterocycles. The van der Waals surface area contributed by atoms with Crippen molar-refractivity contribution < 1.29 is 126 Å². The van der Waals surface area contributed by atoms with Crippen molar-refractivity contribution in [3.8, 4) is 0 Å². The van der Waals surface area contributed by atoms with Gasteiger partial charge >= 0.3 is 10.4 Å². The Bertz CT molecular complexity index is 2240. The van der Waals surface area contributed by atoms with Gasteiger partial charge in [0.2, 0.25) is 0 Å². The van der Waals surface area contributed by atoms with E-state index in [0.29, 0.717) is 31.3 Å². The molecular weight excluding hydrogens is 1060 g/mol. The summed E-state index contributed by atoms with van der Waals surface area (Å²) in [5, 5.41) is 139. The molecule has 5 heterocycles. The molecule has 31 unspecified atom stereocenters. The molecule has 31 atom stereocenters. The summed E-state index contributed by atoms with van der Waals surface area (Å²) in [7, 11) is -5.21. The third kappa shape index (κ3) is 11.1. The van der Waals surface area contributed by atoms with E-state index < -0.39 is 170 Å². The Labute approximate surface area is 452 Å². The average molecular weight is 1140 g/mol. The smallest absolute Gasteiger partial charge is 0.394 e. The van der Waals surface area contributed by atoms with E-state index >= 15 is 0 Å². The van der Waals surface area contributed by atoms with Crippen LogP contribution in [0.1, 0.15) is 86.0 Å². The van der Waals surface area contributed by atoms with Crippen molar-refractivity contribution in [2.75, 3.05) is 19.8 Å². The number of hydrogen-bond acceptors (Lipinski definition) is 25. The Morgan fingerprint density at radius 2 is 1.29 bits per heavy atom. The van der Waals surface area contributed by atoms with Gasteiger partial charge in [0.25, 0.3) is 0 Å². The fourth-order valence-electron chi connectivity index (χ4n) is 15.1. The van der Waals surface area contributed by atoms with Crippen molar-refractivity contribution in [3.05, 3.63) is 23.8 Å². The van der Waals surface area contributed by atoms with Gasteiger partial charge in [-0.3, -0.25) is 4.55 Å². The molecule has 0 amide bonds. The maximum Gasteiger partial charge on any atom is 0.397 e. The Morgan fingerprint density at radius 1 is 0.705 bits per heavy atom. The highest BCUT2D eigenvalue weighted by Gasteiger charge is 2.69. The summed E-state index contributed by atoms with van der Waals surface area (Å²) in [6.45, 7) is 11.8. The summed E-state index contributed by atoms with van der Waals surface area (Å²) in [5.41, 5.74) is 0.268. The third-order valence-electron chi connectivity index (χ3n) is 19.5. The Morgan fingerprint density at radius 3 is 1.92 bits per heavy atom. The van der Waals surface area contributed by atoms with E-state index in [2.05, 4.69) is 26.5 Å². The predicted molar refractivity (Wildman–Crippen MR) is 261 cm³/mol. The molecule has 5 aliphatic heterocycles. The van der Waals surface area contributed by atoms with E-state index in [9.17, 15) is 79.4 Å². The maximum absolute atomic E-state index is 12.2. The first-order valence-corrected chi connectivity index (χ1v) is 28.6. The zero-order chi connectivity index (χ0) is 56.9. The molecule has 0 spiro atoms. The molecule has 5 saturated heterocycles. The van der Waals surface area contributed by atoms with Gasteiger partial charge in [0.15, 0.2) is 30.9 Å². The highest BCUT2D eigenvalue weighted by molar-refractivity contribution is 7.80. The third-order valence-corrected chi connectivity index (χ3v) is 20.0. The molecule has 0 aromatic rings. The lowest BCUT2D eigenvalue weighted by atomic mass is 9.46. The van der Waals surface area contributed by atoms with Crippen LogP contribution < -0.4 is 0 Å².